The lowest BCUT2D eigenvalue weighted by Gasteiger charge is -2.06. The van der Waals surface area contributed by atoms with Crippen molar-refractivity contribution in [3.8, 4) is 0 Å². The number of rotatable bonds is 6. The molecule has 6 heteroatoms. The molecule has 1 amide bonds. The Morgan fingerprint density at radius 1 is 1.08 bits per heavy atom. The fourth-order valence-corrected chi connectivity index (χ4v) is 4.33. The maximum Gasteiger partial charge on any atom is 0.341 e. The van der Waals surface area contributed by atoms with Crippen molar-refractivity contribution in [3.63, 3.8) is 0 Å². The minimum atomic E-state index is -0.440. The molecule has 1 heterocycles. The number of amides is 1. The minimum absolute atomic E-state index is 0.127. The molecule has 3 rings (SSSR count). The molecule has 0 fully saturated rings. The molecule has 0 atom stereocenters. The van der Waals surface area contributed by atoms with Crippen molar-refractivity contribution < 1.29 is 14.3 Å². The van der Waals surface area contributed by atoms with Gasteiger partial charge in [-0.2, -0.15) is 0 Å². The molecular weight excluding hydrogens is 354 g/mol. The largest absolute Gasteiger partial charge is 0.465 e. The molecule has 1 aromatic heterocycles. The molecule has 128 valence electrons. The van der Waals surface area contributed by atoms with Crippen LogP contribution in [0.4, 0.5) is 5.00 Å². The summed E-state index contributed by atoms with van der Waals surface area (Å²) in [7, 11) is 1.34. The molecular formula is C19H17NO3S2. The Hall–Kier alpha value is -2.31. The third-order valence-corrected chi connectivity index (χ3v) is 5.67. The molecule has 0 aliphatic heterocycles. The molecule has 0 radical (unpaired) electrons. The molecule has 3 aromatic rings. The summed E-state index contributed by atoms with van der Waals surface area (Å²) in [5, 5.41) is 4.20. The molecule has 0 saturated heterocycles. The number of ether oxygens (including phenoxy) is 1. The van der Waals surface area contributed by atoms with Gasteiger partial charge in [-0.05, 0) is 11.6 Å². The molecule has 25 heavy (non-hydrogen) atoms. The quantitative estimate of drug-likeness (QED) is 0.646. The summed E-state index contributed by atoms with van der Waals surface area (Å²) in [5.41, 5.74) is 1.60. The molecule has 2 aromatic carbocycles. The summed E-state index contributed by atoms with van der Waals surface area (Å²) in [6.45, 7) is 0. The van der Waals surface area contributed by atoms with Crippen LogP contribution in [0.15, 0.2) is 54.6 Å². The standard InChI is InChI=1S/C19H17NO3S2/c1-23-19(22)17-14-9-5-6-10-15(14)25-18(17)20-16(21)12-24-11-13-7-3-2-4-8-13/h2-10H,11-12H2,1H3,(H,20,21). The second-order valence-electron chi connectivity index (χ2n) is 5.32. The van der Waals surface area contributed by atoms with E-state index in [9.17, 15) is 9.59 Å². The van der Waals surface area contributed by atoms with Crippen LogP contribution < -0.4 is 5.32 Å². The van der Waals surface area contributed by atoms with Crippen molar-refractivity contribution in [1.82, 2.24) is 0 Å². The third kappa shape index (κ3) is 4.21. The van der Waals surface area contributed by atoms with E-state index in [1.54, 1.807) is 0 Å². The van der Waals surface area contributed by atoms with Gasteiger partial charge in [0.2, 0.25) is 5.91 Å². The van der Waals surface area contributed by atoms with E-state index in [-0.39, 0.29) is 5.91 Å². The van der Waals surface area contributed by atoms with Crippen LogP contribution in [0.25, 0.3) is 10.1 Å². The summed E-state index contributed by atoms with van der Waals surface area (Å²) in [5.74, 6) is 0.524. The lowest BCUT2D eigenvalue weighted by molar-refractivity contribution is -0.113. The summed E-state index contributed by atoms with van der Waals surface area (Å²) in [4.78, 5) is 24.4. The zero-order chi connectivity index (χ0) is 17.6. The topological polar surface area (TPSA) is 55.4 Å². The maximum absolute atomic E-state index is 12.3. The highest BCUT2D eigenvalue weighted by Crippen LogP contribution is 2.36. The maximum atomic E-state index is 12.3. The van der Waals surface area contributed by atoms with Gasteiger partial charge in [-0.15, -0.1) is 23.1 Å². The first-order chi connectivity index (χ1) is 12.2. The number of carbonyl (C=O) groups excluding carboxylic acids is 2. The van der Waals surface area contributed by atoms with Crippen LogP contribution in [-0.2, 0) is 15.3 Å². The Labute approximate surface area is 154 Å². The SMILES string of the molecule is COC(=O)c1c(NC(=O)CSCc2ccccc2)sc2ccccc12. The van der Waals surface area contributed by atoms with Crippen molar-refractivity contribution in [2.24, 2.45) is 0 Å². The van der Waals surface area contributed by atoms with E-state index in [2.05, 4.69) is 5.32 Å². The molecule has 0 aliphatic rings. The van der Waals surface area contributed by atoms with E-state index in [0.717, 1.165) is 15.8 Å². The molecule has 0 bridgehead atoms. The fourth-order valence-electron chi connectivity index (χ4n) is 2.44. The summed E-state index contributed by atoms with van der Waals surface area (Å²) >= 11 is 2.92. The van der Waals surface area contributed by atoms with Gasteiger partial charge in [-0.3, -0.25) is 4.79 Å². The van der Waals surface area contributed by atoms with Gasteiger partial charge in [0.1, 0.15) is 10.6 Å². The first-order valence-corrected chi connectivity index (χ1v) is 9.67. The number of nitrogens with one attached hydrogen (secondary N) is 1. The average Bonchev–Trinajstić information content (AvgIpc) is 2.99. The summed E-state index contributed by atoms with van der Waals surface area (Å²) in [6, 6.07) is 17.6. The Balaban J connectivity index is 1.69. The number of fused-ring (bicyclic) bond motifs is 1. The minimum Gasteiger partial charge on any atom is -0.465 e. The molecule has 0 spiro atoms. The molecule has 0 unspecified atom stereocenters. The van der Waals surface area contributed by atoms with E-state index >= 15 is 0 Å². The van der Waals surface area contributed by atoms with Gasteiger partial charge in [-0.1, -0.05) is 48.5 Å². The second kappa shape index (κ2) is 8.18. The molecule has 0 saturated carbocycles. The zero-order valence-electron chi connectivity index (χ0n) is 13.7. The number of thiophene rings is 1. The van der Waals surface area contributed by atoms with Crippen LogP contribution >= 0.6 is 23.1 Å². The van der Waals surface area contributed by atoms with Gasteiger partial charge in [0.15, 0.2) is 0 Å². The van der Waals surface area contributed by atoms with Gasteiger partial charge >= 0.3 is 5.97 Å². The highest BCUT2D eigenvalue weighted by atomic mass is 32.2. The lowest BCUT2D eigenvalue weighted by Crippen LogP contribution is -2.15. The highest BCUT2D eigenvalue weighted by molar-refractivity contribution is 7.99. The summed E-state index contributed by atoms with van der Waals surface area (Å²) in [6.07, 6.45) is 0. The predicted octanol–water partition coefficient (Wildman–Crippen LogP) is 4.56. The van der Waals surface area contributed by atoms with Crippen molar-refractivity contribution in [2.75, 3.05) is 18.2 Å². The van der Waals surface area contributed by atoms with Crippen LogP contribution in [0.5, 0.6) is 0 Å². The van der Waals surface area contributed by atoms with E-state index in [1.165, 1.54) is 35.8 Å². The zero-order valence-corrected chi connectivity index (χ0v) is 15.3. The van der Waals surface area contributed by atoms with E-state index < -0.39 is 5.97 Å². The highest BCUT2D eigenvalue weighted by Gasteiger charge is 2.20. The van der Waals surface area contributed by atoms with E-state index in [1.807, 2.05) is 54.6 Å². The fraction of sp³-hybridized carbons (Fsp3) is 0.158. The van der Waals surface area contributed by atoms with Gasteiger partial charge in [-0.25, -0.2) is 4.79 Å². The monoisotopic (exact) mass is 371 g/mol. The third-order valence-electron chi connectivity index (χ3n) is 3.58. The molecule has 0 aliphatic carbocycles. The number of esters is 1. The normalized spacial score (nSPS) is 10.6. The predicted molar refractivity (Wildman–Crippen MR) is 104 cm³/mol. The van der Waals surface area contributed by atoms with Gasteiger partial charge < -0.3 is 10.1 Å². The Morgan fingerprint density at radius 3 is 2.56 bits per heavy atom. The van der Waals surface area contributed by atoms with E-state index in [0.29, 0.717) is 16.3 Å². The lowest BCUT2D eigenvalue weighted by atomic mass is 10.1. The molecule has 4 nitrogen and oxygen atoms in total. The van der Waals surface area contributed by atoms with E-state index in [4.69, 9.17) is 4.74 Å². The number of hydrogen-bond acceptors (Lipinski definition) is 5. The number of benzene rings is 2. The van der Waals surface area contributed by atoms with Gasteiger partial charge in [0.25, 0.3) is 0 Å². The Morgan fingerprint density at radius 2 is 1.80 bits per heavy atom. The number of anilines is 1. The van der Waals surface area contributed by atoms with Crippen LogP contribution in [0.2, 0.25) is 0 Å². The first kappa shape index (κ1) is 17.5. The van der Waals surface area contributed by atoms with Crippen LogP contribution in [0.1, 0.15) is 15.9 Å². The number of hydrogen-bond donors (Lipinski definition) is 1. The average molecular weight is 371 g/mol. The molecule has 1 N–H and O–H groups in total. The van der Waals surface area contributed by atoms with Crippen LogP contribution in [0.3, 0.4) is 0 Å². The van der Waals surface area contributed by atoms with Crippen molar-refractivity contribution in [3.05, 3.63) is 65.7 Å². The van der Waals surface area contributed by atoms with Gasteiger partial charge in [0, 0.05) is 15.8 Å². The number of carbonyl (C=O) groups is 2. The second-order valence-corrected chi connectivity index (χ2v) is 7.36. The Bertz CT molecular complexity index is 890. The van der Waals surface area contributed by atoms with Crippen LogP contribution in [-0.4, -0.2) is 24.7 Å². The number of methoxy groups -OCH3 is 1. The Kier molecular flexibility index (Phi) is 5.73. The van der Waals surface area contributed by atoms with Crippen molar-refractivity contribution >= 4 is 50.1 Å². The van der Waals surface area contributed by atoms with Crippen molar-refractivity contribution in [2.45, 2.75) is 5.75 Å². The first-order valence-electron chi connectivity index (χ1n) is 7.70. The summed E-state index contributed by atoms with van der Waals surface area (Å²) < 4.78 is 5.82. The number of thioether (sulfide) groups is 1. The van der Waals surface area contributed by atoms with Gasteiger partial charge in [0.05, 0.1) is 12.9 Å². The van der Waals surface area contributed by atoms with Crippen LogP contribution in [0, 0.1) is 0 Å². The smallest absolute Gasteiger partial charge is 0.341 e. The van der Waals surface area contributed by atoms with Crippen molar-refractivity contribution in [1.29, 1.82) is 0 Å².